The molecule has 1 heterocycles. The molecule has 178 valence electrons. The maximum Gasteiger partial charge on any atom is 0.317 e. The van der Waals surface area contributed by atoms with E-state index in [0.717, 1.165) is 18.7 Å². The highest BCUT2D eigenvalue weighted by atomic mass is 16.5. The van der Waals surface area contributed by atoms with E-state index in [9.17, 15) is 9.59 Å². The van der Waals surface area contributed by atoms with Gasteiger partial charge in [-0.2, -0.15) is 0 Å². The Balaban J connectivity index is 1.56. The molecule has 1 aliphatic heterocycles. The lowest BCUT2D eigenvalue weighted by atomic mass is 10.1. The van der Waals surface area contributed by atoms with Crippen LogP contribution in [0.1, 0.15) is 41.4 Å². The molecule has 0 radical (unpaired) electrons. The van der Waals surface area contributed by atoms with Gasteiger partial charge in [0.25, 0.3) is 5.91 Å². The normalized spacial score (nSPS) is 14.8. The Bertz CT molecular complexity index is 922. The summed E-state index contributed by atoms with van der Waals surface area (Å²) in [6.07, 6.45) is 0. The second-order valence-electron chi connectivity index (χ2n) is 8.30. The molecule has 0 saturated carbocycles. The van der Waals surface area contributed by atoms with Crippen molar-refractivity contribution < 1.29 is 14.3 Å². The average molecular weight is 453 g/mol. The van der Waals surface area contributed by atoms with Crippen LogP contribution < -0.4 is 10.1 Å². The summed E-state index contributed by atoms with van der Waals surface area (Å²) in [7, 11) is 1.61. The minimum absolute atomic E-state index is 0.0287. The Morgan fingerprint density at radius 3 is 2.24 bits per heavy atom. The molecule has 7 nitrogen and oxygen atoms in total. The van der Waals surface area contributed by atoms with E-state index in [2.05, 4.69) is 36.2 Å². The smallest absolute Gasteiger partial charge is 0.317 e. The number of nitrogens with zero attached hydrogens (tertiary/aromatic N) is 3. The summed E-state index contributed by atoms with van der Waals surface area (Å²) in [6.45, 7) is 10.7. The van der Waals surface area contributed by atoms with Crippen molar-refractivity contribution in [2.45, 2.75) is 26.8 Å². The molecule has 1 aliphatic rings. The van der Waals surface area contributed by atoms with Gasteiger partial charge in [0, 0.05) is 38.3 Å². The van der Waals surface area contributed by atoms with Gasteiger partial charge in [0.1, 0.15) is 5.75 Å². The number of rotatable bonds is 8. The van der Waals surface area contributed by atoms with Gasteiger partial charge < -0.3 is 19.9 Å². The van der Waals surface area contributed by atoms with Gasteiger partial charge in [-0.3, -0.25) is 9.69 Å². The highest BCUT2D eigenvalue weighted by Gasteiger charge is 2.26. The van der Waals surface area contributed by atoms with Crippen LogP contribution in [0.15, 0.2) is 48.5 Å². The maximum absolute atomic E-state index is 12.9. The number of hydrogen-bond acceptors (Lipinski definition) is 4. The summed E-state index contributed by atoms with van der Waals surface area (Å²) in [5.74, 6) is 0.680. The van der Waals surface area contributed by atoms with Crippen LogP contribution in [0.2, 0.25) is 0 Å². The zero-order valence-corrected chi connectivity index (χ0v) is 20.2. The van der Waals surface area contributed by atoms with Crippen LogP contribution in [-0.4, -0.2) is 79.6 Å². The third-order valence-electron chi connectivity index (χ3n) is 6.39. The van der Waals surface area contributed by atoms with Crippen molar-refractivity contribution in [3.05, 3.63) is 65.2 Å². The van der Waals surface area contributed by atoms with Crippen LogP contribution in [0.4, 0.5) is 4.79 Å². The van der Waals surface area contributed by atoms with Crippen molar-refractivity contribution in [3.63, 3.8) is 0 Å². The van der Waals surface area contributed by atoms with Crippen molar-refractivity contribution >= 4 is 11.9 Å². The predicted octanol–water partition coefficient (Wildman–Crippen LogP) is 3.55. The number of methoxy groups -OCH3 is 1. The fourth-order valence-electron chi connectivity index (χ4n) is 4.34. The number of amides is 3. The standard InChI is InChI=1S/C26H36N4O3/c1-5-28(6-2)23(21-10-8-7-9-11-21)19-27-26(32)30-16-14-29(15-17-30)25(31)22-13-12-20(3)24(18-22)33-4/h7-13,18,23H,5-6,14-17,19H2,1-4H3,(H,27,32). The highest BCUT2D eigenvalue weighted by Crippen LogP contribution is 2.21. The number of ether oxygens (including phenoxy) is 1. The van der Waals surface area contributed by atoms with E-state index in [1.165, 1.54) is 5.56 Å². The van der Waals surface area contributed by atoms with Gasteiger partial charge in [-0.05, 0) is 43.3 Å². The first-order valence-corrected chi connectivity index (χ1v) is 11.7. The summed E-state index contributed by atoms with van der Waals surface area (Å²) in [6, 6.07) is 15.9. The molecule has 2 aromatic rings. The SMILES string of the molecule is CCN(CC)C(CNC(=O)N1CCN(C(=O)c2ccc(C)c(OC)c2)CC1)c1ccccc1. The molecule has 1 N–H and O–H groups in total. The van der Waals surface area contributed by atoms with Crippen LogP contribution >= 0.6 is 0 Å². The summed E-state index contributed by atoms with van der Waals surface area (Å²) in [4.78, 5) is 31.7. The molecule has 0 aromatic heterocycles. The van der Waals surface area contributed by atoms with Crippen molar-refractivity contribution in [1.82, 2.24) is 20.0 Å². The number of nitrogens with one attached hydrogen (secondary N) is 1. The van der Waals surface area contributed by atoms with E-state index >= 15 is 0 Å². The number of likely N-dealkylation sites (N-methyl/N-ethyl adjacent to an activating group) is 1. The number of hydrogen-bond donors (Lipinski definition) is 1. The molecule has 3 rings (SSSR count). The molecular weight excluding hydrogens is 416 g/mol. The van der Waals surface area contributed by atoms with Gasteiger partial charge in [0.15, 0.2) is 0 Å². The van der Waals surface area contributed by atoms with Crippen LogP contribution in [-0.2, 0) is 0 Å². The first kappa shape index (κ1) is 24.6. The fourth-order valence-corrected chi connectivity index (χ4v) is 4.34. The number of carbonyl (C=O) groups is 2. The van der Waals surface area contributed by atoms with Gasteiger partial charge >= 0.3 is 6.03 Å². The lowest BCUT2D eigenvalue weighted by Gasteiger charge is -2.36. The molecule has 0 spiro atoms. The van der Waals surface area contributed by atoms with Crippen molar-refractivity contribution in [3.8, 4) is 5.75 Å². The van der Waals surface area contributed by atoms with E-state index in [1.54, 1.807) is 23.0 Å². The Kier molecular flexibility index (Phi) is 8.72. The third-order valence-corrected chi connectivity index (χ3v) is 6.39. The minimum Gasteiger partial charge on any atom is -0.496 e. The topological polar surface area (TPSA) is 65.1 Å². The highest BCUT2D eigenvalue weighted by molar-refractivity contribution is 5.95. The summed E-state index contributed by atoms with van der Waals surface area (Å²) < 4.78 is 5.35. The van der Waals surface area contributed by atoms with Crippen LogP contribution in [0, 0.1) is 6.92 Å². The van der Waals surface area contributed by atoms with Crippen molar-refractivity contribution in [2.24, 2.45) is 0 Å². The van der Waals surface area contributed by atoms with Gasteiger partial charge in [0.2, 0.25) is 0 Å². The number of carbonyl (C=O) groups excluding carboxylic acids is 2. The van der Waals surface area contributed by atoms with E-state index in [-0.39, 0.29) is 18.0 Å². The average Bonchev–Trinajstić information content (AvgIpc) is 2.87. The molecule has 0 bridgehead atoms. The molecular formula is C26H36N4O3. The molecule has 1 unspecified atom stereocenters. The molecule has 1 saturated heterocycles. The Labute approximate surface area is 197 Å². The van der Waals surface area contributed by atoms with Gasteiger partial charge in [0.05, 0.1) is 13.2 Å². The van der Waals surface area contributed by atoms with Crippen molar-refractivity contribution in [1.29, 1.82) is 0 Å². The Hall–Kier alpha value is -3.06. The summed E-state index contributed by atoms with van der Waals surface area (Å²) in [5, 5.41) is 3.12. The second-order valence-corrected chi connectivity index (χ2v) is 8.30. The van der Waals surface area contributed by atoms with Gasteiger partial charge in [-0.1, -0.05) is 50.2 Å². The molecule has 3 amide bonds. The number of piperazine rings is 1. The number of benzene rings is 2. The van der Waals surface area contributed by atoms with E-state index in [1.807, 2.05) is 37.3 Å². The second kappa shape index (κ2) is 11.7. The number of aryl methyl sites for hydroxylation is 1. The lowest BCUT2D eigenvalue weighted by Crippen LogP contribution is -2.54. The van der Waals surface area contributed by atoms with Crippen LogP contribution in [0.3, 0.4) is 0 Å². The molecule has 1 fully saturated rings. The van der Waals surface area contributed by atoms with Crippen LogP contribution in [0.5, 0.6) is 5.75 Å². The Morgan fingerprint density at radius 1 is 1.00 bits per heavy atom. The largest absolute Gasteiger partial charge is 0.496 e. The van der Waals surface area contributed by atoms with Crippen molar-refractivity contribution in [2.75, 3.05) is 52.9 Å². The van der Waals surface area contributed by atoms with Gasteiger partial charge in [-0.15, -0.1) is 0 Å². The molecule has 0 aliphatic carbocycles. The summed E-state index contributed by atoms with van der Waals surface area (Å²) >= 11 is 0. The van der Waals surface area contributed by atoms with E-state index in [0.29, 0.717) is 44.0 Å². The monoisotopic (exact) mass is 452 g/mol. The first-order chi connectivity index (χ1) is 16.0. The molecule has 2 aromatic carbocycles. The van der Waals surface area contributed by atoms with E-state index < -0.39 is 0 Å². The van der Waals surface area contributed by atoms with Crippen LogP contribution in [0.25, 0.3) is 0 Å². The van der Waals surface area contributed by atoms with Gasteiger partial charge in [-0.25, -0.2) is 4.79 Å². The molecule has 7 heteroatoms. The predicted molar refractivity (Wildman–Crippen MR) is 131 cm³/mol. The maximum atomic E-state index is 12.9. The minimum atomic E-state index is -0.0767. The first-order valence-electron chi connectivity index (χ1n) is 11.7. The molecule has 33 heavy (non-hydrogen) atoms. The fraction of sp³-hybridized carbons (Fsp3) is 0.462. The third kappa shape index (κ3) is 6.05. The number of urea groups is 1. The summed E-state index contributed by atoms with van der Waals surface area (Å²) in [5.41, 5.74) is 2.81. The Morgan fingerprint density at radius 2 is 1.64 bits per heavy atom. The molecule has 1 atom stereocenters. The quantitative estimate of drug-likeness (QED) is 0.665. The zero-order chi connectivity index (χ0) is 23.8. The zero-order valence-electron chi connectivity index (χ0n) is 20.2. The van der Waals surface area contributed by atoms with E-state index in [4.69, 9.17) is 4.74 Å². The lowest BCUT2D eigenvalue weighted by molar-refractivity contribution is 0.0663.